The lowest BCUT2D eigenvalue weighted by Crippen LogP contribution is -2.47. The highest BCUT2D eigenvalue weighted by atomic mass is 16.5. The van der Waals surface area contributed by atoms with Crippen LogP contribution < -0.4 is 4.74 Å². The van der Waals surface area contributed by atoms with Gasteiger partial charge in [0.1, 0.15) is 11.9 Å². The maximum atomic E-state index is 6.84. The third kappa shape index (κ3) is 14.7. The molecule has 10 heterocycles. The molecule has 24 rings (SSSR count). The zero-order chi connectivity index (χ0) is 85.1. The van der Waals surface area contributed by atoms with Crippen LogP contribution in [0, 0.1) is 5.92 Å². The van der Waals surface area contributed by atoms with Crippen LogP contribution in [0.3, 0.4) is 0 Å². The molecule has 0 amide bonds. The molecule has 2 atom stereocenters. The van der Waals surface area contributed by atoms with Crippen LogP contribution in [-0.2, 0) is 5.41 Å². The molecule has 128 heavy (non-hydrogen) atoms. The van der Waals surface area contributed by atoms with E-state index < -0.39 is 0 Å². The first-order valence-electron chi connectivity index (χ1n) is 43.2. The highest BCUT2D eigenvalue weighted by Gasteiger charge is 2.56. The van der Waals surface area contributed by atoms with Crippen molar-refractivity contribution in [1.29, 1.82) is 0 Å². The molecular weight excluding hydrogens is 1560 g/mol. The number of allylic oxidation sites excluding steroid dienone is 2. The fraction of sp³-hybridized carbons (Fsp3) is 0.0254. The third-order valence-corrected chi connectivity index (χ3v) is 24.6. The summed E-state index contributed by atoms with van der Waals surface area (Å²) in [5.74, 6) is 1.04. The van der Waals surface area contributed by atoms with Gasteiger partial charge in [-0.2, -0.15) is 0 Å². The average Bonchev–Trinajstić information content (AvgIpc) is 1.64. The van der Waals surface area contributed by atoms with Crippen molar-refractivity contribution in [2.45, 2.75) is 11.5 Å². The van der Waals surface area contributed by atoms with Crippen LogP contribution >= 0.6 is 0 Å². The summed E-state index contributed by atoms with van der Waals surface area (Å²) in [6, 6.07) is 141. The summed E-state index contributed by atoms with van der Waals surface area (Å²) in [5.41, 5.74) is 31.7. The Bertz CT molecular complexity index is 7460. The summed E-state index contributed by atoms with van der Waals surface area (Å²) in [5, 5.41) is 7.33. The predicted molar refractivity (Wildman–Crippen MR) is 521 cm³/mol. The lowest BCUT2D eigenvalue weighted by atomic mass is 9.60. The molecule has 1 aliphatic heterocycles. The third-order valence-electron chi connectivity index (χ3n) is 24.6. The van der Waals surface area contributed by atoms with Gasteiger partial charge < -0.3 is 4.74 Å². The van der Waals surface area contributed by atoms with Crippen molar-refractivity contribution in [3.05, 3.63) is 485 Å². The number of rotatable bonds is 13. The Balaban J connectivity index is 0.000000115. The van der Waals surface area contributed by atoms with Gasteiger partial charge in [-0.3, -0.25) is 29.9 Å². The molecule has 3 aliphatic rings. The van der Waals surface area contributed by atoms with Crippen molar-refractivity contribution >= 4 is 32.3 Å². The molecule has 0 bridgehead atoms. The quantitative estimate of drug-likeness (QED) is 0.103. The van der Waals surface area contributed by atoms with E-state index in [9.17, 15) is 0 Å². The summed E-state index contributed by atoms with van der Waals surface area (Å²) in [4.78, 5) is 43.4. The zero-order valence-corrected chi connectivity index (χ0v) is 69.5. The number of pyridine rings is 9. The molecule has 2 aliphatic carbocycles. The van der Waals surface area contributed by atoms with Crippen LogP contribution in [0.1, 0.15) is 16.7 Å². The normalized spacial score (nSPS) is 13.5. The van der Waals surface area contributed by atoms with Gasteiger partial charge in [-0.25, -0.2) is 15.0 Å². The Morgan fingerprint density at radius 3 is 1.00 bits per heavy atom. The molecule has 10 nitrogen and oxygen atoms in total. The minimum absolute atomic E-state index is 0.0845. The Kier molecular flexibility index (Phi) is 20.5. The maximum absolute atomic E-state index is 6.84. The minimum atomic E-state index is -0.353. The van der Waals surface area contributed by atoms with Crippen LogP contribution in [0.15, 0.2) is 468 Å². The van der Waals surface area contributed by atoms with E-state index in [1.165, 1.54) is 82.4 Å². The summed E-state index contributed by atoms with van der Waals surface area (Å²) >= 11 is 0. The topological polar surface area (TPSA) is 125 Å². The van der Waals surface area contributed by atoms with Gasteiger partial charge in [-0.05, 0) is 219 Å². The molecule has 0 fully saturated rings. The van der Waals surface area contributed by atoms with Crippen LogP contribution in [0.4, 0.5) is 0 Å². The van der Waals surface area contributed by atoms with Crippen molar-refractivity contribution in [1.82, 2.24) is 44.9 Å². The first-order valence-corrected chi connectivity index (χ1v) is 43.2. The number of hydrogen-bond donors (Lipinski definition) is 0. The van der Waals surface area contributed by atoms with Crippen molar-refractivity contribution in [2.75, 3.05) is 0 Å². The van der Waals surface area contributed by atoms with Crippen LogP contribution in [0.5, 0.6) is 5.75 Å². The minimum Gasteiger partial charge on any atom is -0.485 e. The molecule has 0 saturated heterocycles. The second kappa shape index (κ2) is 34.0. The van der Waals surface area contributed by atoms with E-state index in [2.05, 4.69) is 361 Å². The SMILES string of the molecule is C1=CC2Oc3cc(-c4ccc(-c5cc(-c6ccccc6)cc(-c6ccccn6)n5)nc4)ccc3C3(c4ccccc4-c4ccccc43)C2C=C1.c1ccc(-c2cc(-c3ccccn3)nc(-c3ccc(-c4c5ccccc5c(-c5ccccc5)c5ccccc45)cn3)c2)cc1.c1ccc(-c2cc(-c3ccccn3)nc(-c3ccc(-c4cccc5ccccc45)cn3)c2)cc1. The molecular formula is C118H79N9O. The van der Waals surface area contributed by atoms with Crippen LogP contribution in [-0.4, -0.2) is 51.0 Å². The van der Waals surface area contributed by atoms with Crippen molar-refractivity contribution in [2.24, 2.45) is 5.92 Å². The Labute approximate surface area is 742 Å². The van der Waals surface area contributed by atoms with E-state index in [4.69, 9.17) is 34.6 Å². The van der Waals surface area contributed by atoms with Gasteiger partial charge >= 0.3 is 0 Å². The highest BCUT2D eigenvalue weighted by molar-refractivity contribution is 6.21. The van der Waals surface area contributed by atoms with E-state index in [-0.39, 0.29) is 17.4 Å². The van der Waals surface area contributed by atoms with E-state index in [1.807, 2.05) is 104 Å². The van der Waals surface area contributed by atoms with E-state index in [0.29, 0.717) is 0 Å². The lowest BCUT2D eigenvalue weighted by Gasteiger charge is -2.47. The molecule has 21 aromatic rings. The first kappa shape index (κ1) is 77.1. The van der Waals surface area contributed by atoms with Crippen LogP contribution in [0.25, 0.3) is 190 Å². The van der Waals surface area contributed by atoms with Crippen molar-refractivity contribution in [3.8, 4) is 163 Å². The first-order chi connectivity index (χ1) is 63.4. The zero-order valence-electron chi connectivity index (χ0n) is 69.5. The summed E-state index contributed by atoms with van der Waals surface area (Å²) in [6.45, 7) is 0. The van der Waals surface area contributed by atoms with Crippen molar-refractivity contribution in [3.63, 3.8) is 0 Å². The molecule has 12 aromatic carbocycles. The van der Waals surface area contributed by atoms with E-state index >= 15 is 0 Å². The molecule has 2 unspecified atom stereocenters. The lowest BCUT2D eigenvalue weighted by molar-refractivity contribution is 0.141. The second-order valence-corrected chi connectivity index (χ2v) is 32.1. The molecule has 602 valence electrons. The number of aromatic nitrogens is 9. The summed E-state index contributed by atoms with van der Waals surface area (Å²) in [6.07, 6.45) is 20.0. The fourth-order valence-electron chi connectivity index (χ4n) is 18.7. The smallest absolute Gasteiger partial charge is 0.125 e. The summed E-state index contributed by atoms with van der Waals surface area (Å²) < 4.78 is 6.84. The van der Waals surface area contributed by atoms with E-state index in [0.717, 1.165) is 130 Å². The Morgan fingerprint density at radius 2 is 0.562 bits per heavy atom. The van der Waals surface area contributed by atoms with Gasteiger partial charge in [-0.1, -0.05) is 328 Å². The van der Waals surface area contributed by atoms with Gasteiger partial charge in [0.2, 0.25) is 0 Å². The number of benzene rings is 12. The predicted octanol–water partition coefficient (Wildman–Crippen LogP) is 28.6. The molecule has 1 spiro atoms. The average molecular weight is 1640 g/mol. The standard InChI is InChI=1S/C46H31N3O.C41H27N3.C31H21N3/c1-2-12-30(13-3-1)33-26-42(40-19-10-11-25-47-40)49-43(27-33)41-24-22-32(29-48-41)31-21-23-39-45(28-31)50-44-20-9-8-18-38(44)46(39)36-16-6-4-14-34(36)35-15-5-7-17-37(35)46;1-3-13-28(14-4-1)31-25-38(36-21-11-12-24-42-36)44-39(26-31)37-23-22-30(27-43-37)41-34-19-9-7-17-32(34)40(29-15-5-2-6-16-29)33-18-8-10-20-35(33)41;1-2-9-22(10-3-1)25-19-30(28-15-6-7-18-32-28)34-31(20-25)29-17-16-24(21-33-29)27-14-8-12-23-11-4-5-13-26(23)27/h1-29,38,44H;1-27H;1-21H. The monoisotopic (exact) mass is 1640 g/mol. The number of ether oxygens (including phenoxy) is 1. The Morgan fingerprint density at radius 1 is 0.211 bits per heavy atom. The molecule has 0 radical (unpaired) electrons. The van der Waals surface area contributed by atoms with Crippen LogP contribution in [0.2, 0.25) is 0 Å². The second-order valence-electron chi connectivity index (χ2n) is 32.1. The van der Waals surface area contributed by atoms with Gasteiger partial charge in [0.25, 0.3) is 0 Å². The van der Waals surface area contributed by atoms with Crippen molar-refractivity contribution < 1.29 is 4.74 Å². The number of fused-ring (bicyclic) bond motifs is 12. The molecule has 0 N–H and O–H groups in total. The van der Waals surface area contributed by atoms with Gasteiger partial charge in [0.05, 0.1) is 73.7 Å². The fourth-order valence-corrected chi connectivity index (χ4v) is 18.7. The molecule has 10 heteroatoms. The largest absolute Gasteiger partial charge is 0.485 e. The highest BCUT2D eigenvalue weighted by Crippen LogP contribution is 2.62. The number of hydrogen-bond acceptors (Lipinski definition) is 10. The molecule has 0 saturated carbocycles. The maximum Gasteiger partial charge on any atom is 0.125 e. The summed E-state index contributed by atoms with van der Waals surface area (Å²) in [7, 11) is 0. The van der Waals surface area contributed by atoms with E-state index in [1.54, 1.807) is 18.6 Å². The Hall–Kier alpha value is -17.0. The van der Waals surface area contributed by atoms with Gasteiger partial charge in [0, 0.05) is 65.4 Å². The molecule has 9 aromatic heterocycles. The van der Waals surface area contributed by atoms with Gasteiger partial charge in [-0.15, -0.1) is 0 Å². The number of nitrogens with zero attached hydrogens (tertiary/aromatic N) is 9. The van der Waals surface area contributed by atoms with Gasteiger partial charge in [0.15, 0.2) is 0 Å².